The minimum Gasteiger partial charge on any atom is -0.464 e. The van der Waals surface area contributed by atoms with Crippen molar-refractivity contribution in [3.8, 4) is 0 Å². The molecule has 0 fully saturated rings. The highest BCUT2D eigenvalue weighted by Gasteiger charge is 2.18. The summed E-state index contributed by atoms with van der Waals surface area (Å²) in [7, 11) is 0. The monoisotopic (exact) mass is 236 g/mol. The van der Waals surface area contributed by atoms with Gasteiger partial charge in [0.25, 0.3) is 0 Å². The molecule has 0 aliphatic carbocycles. The van der Waals surface area contributed by atoms with E-state index in [2.05, 4.69) is 9.97 Å². The van der Waals surface area contributed by atoms with Crippen LogP contribution < -0.4 is 5.69 Å². The number of H-pyrrole nitrogens is 2. The second-order valence-electron chi connectivity index (χ2n) is 3.54. The fraction of sp³-hybridized carbons (Fsp3) is 0.273. The van der Waals surface area contributed by atoms with E-state index in [-0.39, 0.29) is 12.3 Å². The smallest absolute Gasteiger partial charge is 0.339 e. The van der Waals surface area contributed by atoms with E-state index in [0.29, 0.717) is 16.6 Å². The number of esters is 1. The molecule has 0 saturated heterocycles. The lowest BCUT2D eigenvalue weighted by Gasteiger charge is -2.09. The van der Waals surface area contributed by atoms with E-state index in [1.807, 2.05) is 0 Å². The minimum absolute atomic E-state index is 0.207. The van der Waals surface area contributed by atoms with E-state index >= 15 is 0 Å². The molecular weight excluding hydrogens is 224 g/mol. The van der Waals surface area contributed by atoms with Gasteiger partial charge in [-0.3, -0.25) is 0 Å². The molecule has 6 nitrogen and oxygen atoms in total. The molecule has 17 heavy (non-hydrogen) atoms. The van der Waals surface area contributed by atoms with Crippen molar-refractivity contribution in [3.63, 3.8) is 0 Å². The van der Waals surface area contributed by atoms with Gasteiger partial charge >= 0.3 is 11.7 Å². The number of carbonyl (C=O) groups is 1. The topological polar surface area (TPSA) is 95.2 Å². The molecule has 0 radical (unpaired) electrons. The summed E-state index contributed by atoms with van der Waals surface area (Å²) in [6.07, 6.45) is -1.34. The third-order valence-corrected chi connectivity index (χ3v) is 2.37. The third kappa shape index (κ3) is 2.21. The number of hydrogen-bond donors (Lipinski definition) is 3. The number of imidazole rings is 1. The summed E-state index contributed by atoms with van der Waals surface area (Å²) in [5.41, 5.74) is 1.21. The van der Waals surface area contributed by atoms with Crippen molar-refractivity contribution in [2.24, 2.45) is 0 Å². The average molecular weight is 236 g/mol. The minimum atomic E-state index is -1.34. The lowest BCUT2D eigenvalue weighted by Crippen LogP contribution is -2.15. The number of benzene rings is 1. The van der Waals surface area contributed by atoms with Crippen molar-refractivity contribution in [2.75, 3.05) is 6.61 Å². The van der Waals surface area contributed by atoms with E-state index in [4.69, 9.17) is 4.74 Å². The van der Waals surface area contributed by atoms with E-state index in [9.17, 15) is 14.7 Å². The van der Waals surface area contributed by atoms with Gasteiger partial charge in [-0.05, 0) is 24.6 Å². The first kappa shape index (κ1) is 11.4. The van der Waals surface area contributed by atoms with Crippen LogP contribution >= 0.6 is 0 Å². The highest BCUT2D eigenvalue weighted by Crippen LogP contribution is 2.18. The number of carbonyl (C=O) groups excluding carboxylic acids is 1. The van der Waals surface area contributed by atoms with Crippen LogP contribution in [0.2, 0.25) is 0 Å². The quantitative estimate of drug-likeness (QED) is 0.674. The summed E-state index contributed by atoms with van der Waals surface area (Å²) < 4.78 is 4.71. The van der Waals surface area contributed by atoms with E-state index in [0.717, 1.165) is 0 Å². The van der Waals surface area contributed by atoms with Crippen molar-refractivity contribution >= 4 is 17.0 Å². The number of nitrogens with one attached hydrogen (secondary N) is 2. The molecule has 2 aromatic rings. The Bertz CT molecular complexity index is 599. The number of aromatic nitrogens is 2. The first-order chi connectivity index (χ1) is 8.11. The van der Waals surface area contributed by atoms with E-state index < -0.39 is 12.1 Å². The van der Waals surface area contributed by atoms with Gasteiger partial charge < -0.3 is 19.8 Å². The van der Waals surface area contributed by atoms with Gasteiger partial charge in [0.05, 0.1) is 17.6 Å². The molecule has 0 amide bonds. The molecule has 6 heteroatoms. The Morgan fingerprint density at radius 2 is 2.12 bits per heavy atom. The molecule has 90 valence electrons. The Morgan fingerprint density at radius 1 is 1.41 bits per heavy atom. The number of aliphatic hydroxyl groups excluding tert-OH is 1. The zero-order chi connectivity index (χ0) is 12.4. The van der Waals surface area contributed by atoms with Crippen molar-refractivity contribution in [1.29, 1.82) is 0 Å². The van der Waals surface area contributed by atoms with Crippen LogP contribution in [0.25, 0.3) is 11.0 Å². The van der Waals surface area contributed by atoms with E-state index in [1.165, 1.54) is 6.07 Å². The summed E-state index contributed by atoms with van der Waals surface area (Å²) in [5, 5.41) is 9.71. The van der Waals surface area contributed by atoms with Crippen LogP contribution in [0.15, 0.2) is 23.0 Å². The molecular formula is C11H12N2O4. The van der Waals surface area contributed by atoms with Gasteiger partial charge in [0.15, 0.2) is 6.10 Å². The lowest BCUT2D eigenvalue weighted by atomic mass is 10.1. The molecule has 0 aliphatic rings. The van der Waals surface area contributed by atoms with Crippen LogP contribution in [0.3, 0.4) is 0 Å². The predicted molar refractivity (Wildman–Crippen MR) is 60.5 cm³/mol. The SMILES string of the molecule is CCOC(=O)C(O)c1ccc2[nH]c(=O)[nH]c2c1. The molecule has 1 aromatic heterocycles. The first-order valence-corrected chi connectivity index (χ1v) is 5.18. The molecule has 1 heterocycles. The number of fused-ring (bicyclic) bond motifs is 1. The van der Waals surface area contributed by atoms with Crippen molar-refractivity contribution in [3.05, 3.63) is 34.2 Å². The Morgan fingerprint density at radius 3 is 2.82 bits per heavy atom. The maximum atomic E-state index is 11.3. The maximum absolute atomic E-state index is 11.3. The predicted octanol–water partition coefficient (Wildman–Crippen LogP) is 0.453. The largest absolute Gasteiger partial charge is 0.464 e. The summed E-state index contributed by atoms with van der Waals surface area (Å²) in [4.78, 5) is 27.5. The van der Waals surface area contributed by atoms with Crippen molar-refractivity contribution in [2.45, 2.75) is 13.0 Å². The number of aliphatic hydroxyl groups is 1. The summed E-state index contributed by atoms with van der Waals surface area (Å²) in [6, 6.07) is 4.72. The third-order valence-electron chi connectivity index (χ3n) is 2.37. The lowest BCUT2D eigenvalue weighted by molar-refractivity contribution is -0.153. The number of ether oxygens (including phenoxy) is 1. The van der Waals surface area contributed by atoms with Gasteiger partial charge in [0.1, 0.15) is 0 Å². The summed E-state index contributed by atoms with van der Waals surface area (Å²) in [5.74, 6) is -0.704. The second-order valence-corrected chi connectivity index (χ2v) is 3.54. The van der Waals surface area contributed by atoms with Gasteiger partial charge in [-0.25, -0.2) is 9.59 Å². The van der Waals surface area contributed by atoms with Crippen molar-refractivity contribution in [1.82, 2.24) is 9.97 Å². The van der Waals surface area contributed by atoms with Gasteiger partial charge in [-0.2, -0.15) is 0 Å². The van der Waals surface area contributed by atoms with Crippen molar-refractivity contribution < 1.29 is 14.6 Å². The van der Waals surface area contributed by atoms with Crippen LogP contribution in [-0.2, 0) is 9.53 Å². The van der Waals surface area contributed by atoms with Gasteiger partial charge in [-0.15, -0.1) is 0 Å². The number of aromatic amines is 2. The van der Waals surface area contributed by atoms with Gasteiger partial charge in [0.2, 0.25) is 0 Å². The fourth-order valence-electron chi connectivity index (χ4n) is 1.58. The fourth-order valence-corrected chi connectivity index (χ4v) is 1.58. The van der Waals surface area contributed by atoms with Crippen LogP contribution in [0, 0.1) is 0 Å². The zero-order valence-corrected chi connectivity index (χ0v) is 9.19. The number of hydrogen-bond acceptors (Lipinski definition) is 4. The Balaban J connectivity index is 2.35. The molecule has 1 atom stereocenters. The Labute approximate surface area is 96.2 Å². The molecule has 1 unspecified atom stereocenters. The van der Waals surface area contributed by atoms with Gasteiger partial charge in [-0.1, -0.05) is 6.07 Å². The van der Waals surface area contributed by atoms with Crippen LogP contribution in [0.5, 0.6) is 0 Å². The second kappa shape index (κ2) is 4.42. The van der Waals surface area contributed by atoms with E-state index in [1.54, 1.807) is 19.1 Å². The van der Waals surface area contributed by atoms with Crippen LogP contribution in [0.4, 0.5) is 0 Å². The molecule has 0 spiro atoms. The molecule has 0 aliphatic heterocycles. The van der Waals surface area contributed by atoms with Crippen LogP contribution in [0.1, 0.15) is 18.6 Å². The maximum Gasteiger partial charge on any atom is 0.339 e. The number of rotatable bonds is 3. The highest BCUT2D eigenvalue weighted by atomic mass is 16.5. The Hall–Kier alpha value is -2.08. The normalized spacial score (nSPS) is 12.6. The molecule has 0 bridgehead atoms. The molecule has 0 saturated carbocycles. The summed E-state index contributed by atoms with van der Waals surface area (Å²) in [6.45, 7) is 1.87. The van der Waals surface area contributed by atoms with Crippen LogP contribution in [-0.4, -0.2) is 27.7 Å². The zero-order valence-electron chi connectivity index (χ0n) is 9.19. The first-order valence-electron chi connectivity index (χ1n) is 5.18. The summed E-state index contributed by atoms with van der Waals surface area (Å²) >= 11 is 0. The van der Waals surface area contributed by atoms with Gasteiger partial charge in [0, 0.05) is 0 Å². The molecule has 2 rings (SSSR count). The highest BCUT2D eigenvalue weighted by molar-refractivity contribution is 5.80. The molecule has 3 N–H and O–H groups in total. The Kier molecular flexibility index (Phi) is 2.97. The molecule has 1 aromatic carbocycles. The standard InChI is InChI=1S/C11H12N2O4/c1-2-17-10(15)9(14)6-3-4-7-8(5-6)13-11(16)12-7/h3-5,9,14H,2H2,1H3,(H2,12,13,16). The average Bonchev–Trinajstić information content (AvgIpc) is 2.67.